The maximum atomic E-state index is 15.2. The predicted molar refractivity (Wildman–Crippen MR) is 338 cm³/mol. The standard InChI is InChI=1S/C63H118N12O11/c1-25-47(58(82)70(19)36-53(78)75(24)63(38-77,35-42(8)9)68-49(37-76)43(10)11)66-57(81)50(30-29-45(14)28-26-27-31-69(17)18)71(20)61(85)54(44(12)13)74(23)60(84)51(33-40(4)5)72(21)59(83)52(34-41(6)7)73(22)62(86)65-46(15)55(79)67-56(80)48(64-16)32-39(2)3/h37-52,54,64,68H,25-36H2,1-24H3,(H,65,86)(H,66,81)(H,67,79,80)/t45-,46?,47-,48+,49-,50?,51+,52-,54+,63?/m1/s1. The van der Waals surface area contributed by atoms with Gasteiger partial charge in [-0.3, -0.25) is 53.8 Å². The molecule has 0 rings (SSSR count). The molecule has 5 N–H and O–H groups in total. The molecule has 23 nitrogen and oxygen atoms in total. The van der Waals surface area contributed by atoms with Crippen LogP contribution >= 0.6 is 0 Å². The minimum absolute atomic E-state index is 0.0726. The highest BCUT2D eigenvalue weighted by Gasteiger charge is 2.44. The molecule has 0 spiro atoms. The highest BCUT2D eigenvalue weighted by Crippen LogP contribution is 2.26. The van der Waals surface area contributed by atoms with Crippen LogP contribution in [-0.4, -0.2) is 231 Å². The van der Waals surface area contributed by atoms with Gasteiger partial charge in [-0.2, -0.15) is 0 Å². The van der Waals surface area contributed by atoms with Crippen LogP contribution < -0.4 is 26.6 Å². The number of urea groups is 1. The summed E-state index contributed by atoms with van der Waals surface area (Å²) in [4.78, 5) is 163. The maximum absolute atomic E-state index is 15.2. The van der Waals surface area contributed by atoms with Gasteiger partial charge in [-0.25, -0.2) is 4.79 Å². The molecule has 0 saturated carbocycles. The van der Waals surface area contributed by atoms with E-state index in [1.54, 1.807) is 27.8 Å². The highest BCUT2D eigenvalue weighted by atomic mass is 16.2. The second-order valence-electron chi connectivity index (χ2n) is 26.7. The molecule has 0 heterocycles. The summed E-state index contributed by atoms with van der Waals surface area (Å²) in [5, 5.41) is 13.9. The first-order chi connectivity index (χ1) is 39.8. The number of rotatable bonds is 40. The first kappa shape index (κ1) is 80.5. The van der Waals surface area contributed by atoms with Gasteiger partial charge in [0.25, 0.3) is 0 Å². The zero-order valence-corrected chi connectivity index (χ0v) is 57.4. The van der Waals surface area contributed by atoms with Crippen LogP contribution in [-0.2, 0) is 47.9 Å². The van der Waals surface area contributed by atoms with Crippen LogP contribution in [0.5, 0.6) is 0 Å². The van der Waals surface area contributed by atoms with Crippen molar-refractivity contribution >= 4 is 65.9 Å². The summed E-state index contributed by atoms with van der Waals surface area (Å²) in [6.07, 6.45) is 6.05. The maximum Gasteiger partial charge on any atom is 0.318 e. The fraction of sp³-hybridized carbons (Fsp3) is 0.825. The van der Waals surface area contributed by atoms with Crippen molar-refractivity contribution in [2.24, 2.45) is 41.4 Å². The second kappa shape index (κ2) is 38.7. The van der Waals surface area contributed by atoms with E-state index in [9.17, 15) is 43.2 Å². The van der Waals surface area contributed by atoms with E-state index < -0.39 is 120 Å². The van der Waals surface area contributed by atoms with Crippen LogP contribution in [0.1, 0.15) is 168 Å². The molecule has 0 aromatic carbocycles. The summed E-state index contributed by atoms with van der Waals surface area (Å²) in [5.41, 5.74) is -1.56. The lowest BCUT2D eigenvalue weighted by Gasteiger charge is -2.42. The number of imide groups is 1. The number of carbonyl (C=O) groups excluding carboxylic acids is 11. The molecule has 496 valence electrons. The van der Waals surface area contributed by atoms with Crippen molar-refractivity contribution in [2.75, 3.05) is 76.5 Å². The topological polar surface area (TPSA) is 271 Å². The van der Waals surface area contributed by atoms with Gasteiger partial charge in [0.2, 0.25) is 47.3 Å². The number of aldehydes is 2. The molecular weight excluding hydrogens is 1100 g/mol. The third-order valence-corrected chi connectivity index (χ3v) is 16.1. The summed E-state index contributed by atoms with van der Waals surface area (Å²) in [6, 6.07) is -8.87. The van der Waals surface area contributed by atoms with E-state index in [-0.39, 0.29) is 67.6 Å². The Hall–Kier alpha value is -5.55. The van der Waals surface area contributed by atoms with E-state index in [4.69, 9.17) is 0 Å². The smallest absolute Gasteiger partial charge is 0.318 e. The van der Waals surface area contributed by atoms with Gasteiger partial charge in [-0.1, -0.05) is 110 Å². The van der Waals surface area contributed by atoms with Gasteiger partial charge >= 0.3 is 6.03 Å². The largest absolute Gasteiger partial charge is 0.343 e. The van der Waals surface area contributed by atoms with Crippen LogP contribution in [0.3, 0.4) is 0 Å². The Labute approximate surface area is 517 Å². The Morgan fingerprint density at radius 3 is 1.50 bits per heavy atom. The fourth-order valence-electron chi connectivity index (χ4n) is 10.6. The first-order valence-electron chi connectivity index (χ1n) is 31.3. The lowest BCUT2D eigenvalue weighted by atomic mass is 9.93. The molecule has 0 aliphatic heterocycles. The normalized spacial score (nSPS) is 15.6. The Morgan fingerprint density at radius 1 is 0.523 bits per heavy atom. The van der Waals surface area contributed by atoms with Crippen LogP contribution in [0.15, 0.2) is 0 Å². The molecule has 0 radical (unpaired) electrons. The molecule has 0 aromatic rings. The Morgan fingerprint density at radius 2 is 1.05 bits per heavy atom. The Balaban J connectivity index is 7.17. The molecule has 0 aromatic heterocycles. The SMILES string of the molecule is CC[C@@H](NC(=O)C(CC[C@H](C)CCCCN(C)C)N(C)C(=O)[C@H](C(C)C)N(C)C(=O)[C@H](CC(C)C)N(C)C(=O)[C@@H](CC(C)C)N(C)C(=O)NC(C)C(=O)NC(=O)[C@H](CC(C)C)NC)C(=O)N(C)CC(=O)N(C)C(C=O)(CC(C)C)N[C@H](C=O)C(C)C. The molecule has 3 unspecified atom stereocenters. The summed E-state index contributed by atoms with van der Waals surface area (Å²) >= 11 is 0. The molecule has 23 heteroatoms. The quantitative estimate of drug-likeness (QED) is 0.0319. The number of hydrogen-bond donors (Lipinski definition) is 5. The van der Waals surface area contributed by atoms with Crippen LogP contribution in [0.25, 0.3) is 0 Å². The fourth-order valence-corrected chi connectivity index (χ4v) is 10.6. The second-order valence-corrected chi connectivity index (χ2v) is 26.7. The molecule has 0 bridgehead atoms. The summed E-state index contributed by atoms with van der Waals surface area (Å²) in [6.45, 7) is 28.2. The molecule has 10 amide bonds. The predicted octanol–water partition coefficient (Wildman–Crippen LogP) is 4.61. The van der Waals surface area contributed by atoms with E-state index in [1.165, 1.54) is 78.6 Å². The molecule has 0 aliphatic rings. The summed E-state index contributed by atoms with van der Waals surface area (Å²) < 4.78 is 0. The number of hydrogen-bond acceptors (Lipinski definition) is 14. The van der Waals surface area contributed by atoms with E-state index in [0.29, 0.717) is 25.4 Å². The first-order valence-corrected chi connectivity index (χ1v) is 31.3. The van der Waals surface area contributed by atoms with Gasteiger partial charge in [0, 0.05) is 42.3 Å². The molecule has 86 heavy (non-hydrogen) atoms. The van der Waals surface area contributed by atoms with Crippen molar-refractivity contribution in [2.45, 2.75) is 222 Å². The summed E-state index contributed by atoms with van der Waals surface area (Å²) in [5.74, 6) is -5.35. The monoisotopic (exact) mass is 1220 g/mol. The van der Waals surface area contributed by atoms with Crippen molar-refractivity contribution in [1.29, 1.82) is 0 Å². The van der Waals surface area contributed by atoms with E-state index >= 15 is 9.59 Å². The lowest BCUT2D eigenvalue weighted by molar-refractivity contribution is -0.154. The van der Waals surface area contributed by atoms with Gasteiger partial charge in [0.05, 0.1) is 18.6 Å². The third kappa shape index (κ3) is 25.6. The number of amides is 10. The number of nitrogens with one attached hydrogen (secondary N) is 5. The van der Waals surface area contributed by atoms with E-state index in [0.717, 1.165) is 25.8 Å². The van der Waals surface area contributed by atoms with Crippen molar-refractivity contribution in [3.05, 3.63) is 0 Å². The van der Waals surface area contributed by atoms with Crippen molar-refractivity contribution in [3.8, 4) is 0 Å². The molecule has 10 atom stereocenters. The average molecular weight is 1220 g/mol. The van der Waals surface area contributed by atoms with Crippen LogP contribution in [0, 0.1) is 41.4 Å². The van der Waals surface area contributed by atoms with Crippen LogP contribution in [0.4, 0.5) is 4.79 Å². The van der Waals surface area contributed by atoms with E-state index in [2.05, 4.69) is 38.4 Å². The van der Waals surface area contributed by atoms with Crippen molar-refractivity contribution in [1.82, 2.24) is 60.9 Å². The van der Waals surface area contributed by atoms with Crippen molar-refractivity contribution < 1.29 is 52.7 Å². The lowest BCUT2D eigenvalue weighted by Crippen LogP contribution is -2.66. The van der Waals surface area contributed by atoms with Gasteiger partial charge in [-0.05, 0) is 127 Å². The Bertz CT molecular complexity index is 2190. The Kier molecular flexibility index (Phi) is 36.2. The molecule has 0 saturated heterocycles. The van der Waals surface area contributed by atoms with Gasteiger partial charge in [0.1, 0.15) is 42.5 Å². The minimum atomic E-state index is -1.56. The van der Waals surface area contributed by atoms with Gasteiger partial charge in [-0.15, -0.1) is 0 Å². The zero-order chi connectivity index (χ0) is 66.8. The van der Waals surface area contributed by atoms with Gasteiger partial charge < -0.3 is 55.0 Å². The number of carbonyl (C=O) groups is 11. The molecule has 0 aliphatic carbocycles. The van der Waals surface area contributed by atoms with E-state index in [1.807, 2.05) is 83.3 Å². The molecular formula is C63H118N12O11. The van der Waals surface area contributed by atoms with Crippen molar-refractivity contribution in [3.63, 3.8) is 0 Å². The third-order valence-electron chi connectivity index (χ3n) is 16.1. The number of likely N-dealkylation sites (N-methyl/N-ethyl adjacent to an activating group) is 7. The van der Waals surface area contributed by atoms with Gasteiger partial charge in [0.15, 0.2) is 11.9 Å². The summed E-state index contributed by atoms with van der Waals surface area (Å²) in [7, 11) is 14.5. The molecule has 0 fully saturated rings. The minimum Gasteiger partial charge on any atom is -0.343 e. The number of nitrogens with zero attached hydrogens (tertiary/aromatic N) is 7. The number of unbranched alkanes of at least 4 members (excludes halogenated alkanes) is 1. The van der Waals surface area contributed by atoms with Crippen LogP contribution in [0.2, 0.25) is 0 Å². The average Bonchev–Trinajstić information content (AvgIpc) is 2.11. The zero-order valence-electron chi connectivity index (χ0n) is 57.4. The highest BCUT2D eigenvalue weighted by molar-refractivity contribution is 6.01.